The van der Waals surface area contributed by atoms with Crippen molar-refractivity contribution < 1.29 is 9.53 Å². The highest BCUT2D eigenvalue weighted by atomic mass is 16.5. The maximum atomic E-state index is 11.8. The fourth-order valence-electron chi connectivity index (χ4n) is 3.55. The van der Waals surface area contributed by atoms with Gasteiger partial charge < -0.3 is 9.30 Å². The van der Waals surface area contributed by atoms with Crippen molar-refractivity contribution in [1.29, 1.82) is 0 Å². The van der Waals surface area contributed by atoms with Crippen molar-refractivity contribution in [3.8, 4) is 0 Å². The van der Waals surface area contributed by atoms with Crippen molar-refractivity contribution in [3.05, 3.63) is 70.9 Å². The fourth-order valence-corrected chi connectivity index (χ4v) is 3.55. The van der Waals surface area contributed by atoms with Crippen LogP contribution in [0.1, 0.15) is 54.0 Å². The number of fused-ring (bicyclic) bond motifs is 1. The summed E-state index contributed by atoms with van der Waals surface area (Å²) in [5.41, 5.74) is 5.78. The molecule has 1 heterocycles. The monoisotopic (exact) mass is 335 g/mol. The Labute approximate surface area is 149 Å². The predicted molar refractivity (Wildman–Crippen MR) is 102 cm³/mol. The molecule has 0 aliphatic heterocycles. The van der Waals surface area contributed by atoms with Gasteiger partial charge in [-0.3, -0.25) is 0 Å². The number of hydrogen-bond donors (Lipinski definition) is 0. The minimum absolute atomic E-state index is 0.294. The van der Waals surface area contributed by atoms with Crippen LogP contribution in [0.2, 0.25) is 0 Å². The minimum atomic E-state index is -0.294. The van der Waals surface area contributed by atoms with Crippen molar-refractivity contribution >= 4 is 16.9 Å². The Bertz CT molecular complexity index is 906. The summed E-state index contributed by atoms with van der Waals surface area (Å²) in [6, 6.07) is 17.0. The third-order valence-corrected chi connectivity index (χ3v) is 4.73. The number of hydrogen-bond acceptors (Lipinski definition) is 2. The second-order valence-electron chi connectivity index (χ2n) is 6.66. The molecule has 0 fully saturated rings. The molecule has 3 aromatic rings. The SMILES string of the molecule is CCc1ccccc1Cc1cc2cc(C(=O)OC)ccc2n1C(C)C. The zero-order valence-corrected chi connectivity index (χ0v) is 15.4. The molecular formula is C22H25NO2. The van der Waals surface area contributed by atoms with Crippen molar-refractivity contribution in [1.82, 2.24) is 4.57 Å². The van der Waals surface area contributed by atoms with Gasteiger partial charge in [0.2, 0.25) is 0 Å². The van der Waals surface area contributed by atoms with Gasteiger partial charge in [-0.1, -0.05) is 31.2 Å². The van der Waals surface area contributed by atoms with E-state index < -0.39 is 0 Å². The molecule has 0 saturated carbocycles. The van der Waals surface area contributed by atoms with E-state index in [1.165, 1.54) is 23.9 Å². The molecule has 0 saturated heterocycles. The van der Waals surface area contributed by atoms with Crippen molar-refractivity contribution in [2.24, 2.45) is 0 Å². The molecule has 25 heavy (non-hydrogen) atoms. The van der Waals surface area contributed by atoms with Crippen molar-refractivity contribution in [2.75, 3.05) is 7.11 Å². The maximum absolute atomic E-state index is 11.8. The van der Waals surface area contributed by atoms with Crippen LogP contribution in [0.3, 0.4) is 0 Å². The lowest BCUT2D eigenvalue weighted by Gasteiger charge is -2.16. The zero-order valence-electron chi connectivity index (χ0n) is 15.4. The van der Waals surface area contributed by atoms with Crippen LogP contribution < -0.4 is 0 Å². The Morgan fingerprint density at radius 3 is 2.44 bits per heavy atom. The average Bonchev–Trinajstić information content (AvgIpc) is 2.98. The van der Waals surface area contributed by atoms with Gasteiger partial charge >= 0.3 is 5.97 Å². The molecule has 3 heteroatoms. The van der Waals surface area contributed by atoms with Gasteiger partial charge in [-0.15, -0.1) is 0 Å². The molecule has 2 aromatic carbocycles. The highest BCUT2D eigenvalue weighted by molar-refractivity contribution is 5.95. The average molecular weight is 335 g/mol. The standard InChI is InChI=1S/C22H25NO2/c1-5-16-8-6-7-9-17(16)13-20-14-19-12-18(22(24)25-4)10-11-21(19)23(20)15(2)3/h6-12,14-15H,5,13H2,1-4H3. The summed E-state index contributed by atoms with van der Waals surface area (Å²) in [6.45, 7) is 6.59. The summed E-state index contributed by atoms with van der Waals surface area (Å²) < 4.78 is 7.21. The molecular weight excluding hydrogens is 310 g/mol. The number of methoxy groups -OCH3 is 1. The number of carbonyl (C=O) groups is 1. The minimum Gasteiger partial charge on any atom is -0.465 e. The topological polar surface area (TPSA) is 31.2 Å². The summed E-state index contributed by atoms with van der Waals surface area (Å²) in [5.74, 6) is -0.294. The number of esters is 1. The van der Waals surface area contributed by atoms with Gasteiger partial charge in [0.05, 0.1) is 12.7 Å². The summed E-state index contributed by atoms with van der Waals surface area (Å²) in [4.78, 5) is 11.8. The third kappa shape index (κ3) is 3.32. The first-order valence-corrected chi connectivity index (χ1v) is 8.84. The summed E-state index contributed by atoms with van der Waals surface area (Å²) in [7, 11) is 1.42. The van der Waals surface area contributed by atoms with Gasteiger partial charge in [-0.2, -0.15) is 0 Å². The summed E-state index contributed by atoms with van der Waals surface area (Å²) in [6.07, 6.45) is 1.93. The van der Waals surface area contributed by atoms with E-state index in [0.29, 0.717) is 11.6 Å². The van der Waals surface area contributed by atoms with E-state index in [1.807, 2.05) is 18.2 Å². The highest BCUT2D eigenvalue weighted by Gasteiger charge is 2.15. The van der Waals surface area contributed by atoms with Crippen LogP contribution in [0.25, 0.3) is 10.9 Å². The fraction of sp³-hybridized carbons (Fsp3) is 0.318. The smallest absolute Gasteiger partial charge is 0.337 e. The molecule has 0 spiro atoms. The highest BCUT2D eigenvalue weighted by Crippen LogP contribution is 2.28. The molecule has 0 aliphatic carbocycles. The molecule has 0 aliphatic rings. The molecule has 0 atom stereocenters. The van der Waals surface area contributed by atoms with E-state index in [9.17, 15) is 4.79 Å². The largest absolute Gasteiger partial charge is 0.465 e. The van der Waals surface area contributed by atoms with E-state index in [4.69, 9.17) is 4.74 Å². The Morgan fingerprint density at radius 2 is 1.80 bits per heavy atom. The number of aryl methyl sites for hydroxylation is 1. The molecule has 0 unspecified atom stereocenters. The van der Waals surface area contributed by atoms with Gasteiger partial charge in [-0.05, 0) is 55.7 Å². The Morgan fingerprint density at radius 1 is 1.08 bits per heavy atom. The van der Waals surface area contributed by atoms with Gasteiger partial charge in [0.15, 0.2) is 0 Å². The predicted octanol–water partition coefficient (Wildman–Crippen LogP) is 5.16. The van der Waals surface area contributed by atoms with Gasteiger partial charge in [-0.25, -0.2) is 4.79 Å². The van der Waals surface area contributed by atoms with E-state index in [-0.39, 0.29) is 5.97 Å². The number of rotatable bonds is 5. The van der Waals surface area contributed by atoms with Gasteiger partial charge in [0, 0.05) is 29.1 Å². The number of ether oxygens (including phenoxy) is 1. The molecule has 1 aromatic heterocycles. The van der Waals surface area contributed by atoms with E-state index in [1.54, 1.807) is 0 Å². The van der Waals surface area contributed by atoms with Crippen LogP contribution in [0, 0.1) is 0 Å². The van der Waals surface area contributed by atoms with Crippen LogP contribution in [-0.4, -0.2) is 17.6 Å². The number of benzene rings is 2. The lowest BCUT2D eigenvalue weighted by molar-refractivity contribution is 0.0601. The quantitative estimate of drug-likeness (QED) is 0.603. The Hall–Kier alpha value is -2.55. The molecule has 3 rings (SSSR count). The lowest BCUT2D eigenvalue weighted by atomic mass is 10.0. The molecule has 0 radical (unpaired) electrons. The second-order valence-corrected chi connectivity index (χ2v) is 6.66. The van der Waals surface area contributed by atoms with Crippen LogP contribution in [0.15, 0.2) is 48.5 Å². The maximum Gasteiger partial charge on any atom is 0.337 e. The Balaban J connectivity index is 2.10. The van der Waals surface area contributed by atoms with E-state index in [2.05, 4.69) is 55.7 Å². The molecule has 130 valence electrons. The van der Waals surface area contributed by atoms with Gasteiger partial charge in [0.25, 0.3) is 0 Å². The van der Waals surface area contributed by atoms with Crippen LogP contribution in [0.4, 0.5) is 0 Å². The first-order chi connectivity index (χ1) is 12.0. The summed E-state index contributed by atoms with van der Waals surface area (Å²) >= 11 is 0. The van der Waals surface area contributed by atoms with E-state index in [0.717, 1.165) is 23.7 Å². The zero-order chi connectivity index (χ0) is 18.0. The van der Waals surface area contributed by atoms with Gasteiger partial charge in [0.1, 0.15) is 0 Å². The first kappa shape index (κ1) is 17.3. The molecule has 3 nitrogen and oxygen atoms in total. The van der Waals surface area contributed by atoms with Crippen molar-refractivity contribution in [2.45, 2.75) is 39.7 Å². The number of aromatic nitrogens is 1. The summed E-state index contributed by atoms with van der Waals surface area (Å²) in [5, 5.41) is 1.08. The third-order valence-electron chi connectivity index (χ3n) is 4.73. The van der Waals surface area contributed by atoms with Crippen molar-refractivity contribution in [3.63, 3.8) is 0 Å². The lowest BCUT2D eigenvalue weighted by Crippen LogP contribution is -2.07. The van der Waals surface area contributed by atoms with Crippen LogP contribution in [0.5, 0.6) is 0 Å². The molecule has 0 N–H and O–H groups in total. The first-order valence-electron chi connectivity index (χ1n) is 8.84. The number of nitrogens with zero attached hydrogens (tertiary/aromatic N) is 1. The molecule has 0 bridgehead atoms. The van der Waals surface area contributed by atoms with Crippen LogP contribution in [-0.2, 0) is 17.6 Å². The normalized spacial score (nSPS) is 11.2. The van der Waals surface area contributed by atoms with E-state index >= 15 is 0 Å². The number of carbonyl (C=O) groups excluding carboxylic acids is 1. The molecule has 0 amide bonds. The van der Waals surface area contributed by atoms with Crippen LogP contribution >= 0.6 is 0 Å². The second kappa shape index (κ2) is 7.14. The Kier molecular flexibility index (Phi) is 4.93.